The van der Waals surface area contributed by atoms with Gasteiger partial charge in [0.1, 0.15) is 6.61 Å². The van der Waals surface area contributed by atoms with E-state index in [0.29, 0.717) is 11.1 Å². The van der Waals surface area contributed by atoms with E-state index < -0.39 is 0 Å². The van der Waals surface area contributed by atoms with Gasteiger partial charge in [0.05, 0.1) is 16.6 Å². The molecule has 4 aromatic rings. The van der Waals surface area contributed by atoms with E-state index in [0.717, 1.165) is 21.9 Å². The quantitative estimate of drug-likeness (QED) is 0.533. The van der Waals surface area contributed by atoms with E-state index in [9.17, 15) is 4.79 Å². The van der Waals surface area contributed by atoms with Gasteiger partial charge in [-0.1, -0.05) is 42.5 Å². The molecule has 0 fully saturated rings. The van der Waals surface area contributed by atoms with Gasteiger partial charge in [-0.15, -0.1) is 0 Å². The highest BCUT2D eigenvalue weighted by Crippen LogP contribution is 2.20. The largest absolute Gasteiger partial charge is 0.457 e. The lowest BCUT2D eigenvalue weighted by molar-refractivity contribution is 0.0474. The molecule has 0 unspecified atom stereocenters. The van der Waals surface area contributed by atoms with Crippen LogP contribution in [-0.4, -0.2) is 15.9 Å². The number of nitrogens with zero attached hydrogens (tertiary/aromatic N) is 2. The third-order valence-electron chi connectivity index (χ3n) is 3.94. The van der Waals surface area contributed by atoms with Gasteiger partial charge >= 0.3 is 5.97 Å². The summed E-state index contributed by atoms with van der Waals surface area (Å²) in [4.78, 5) is 20.7. The van der Waals surface area contributed by atoms with Crippen molar-refractivity contribution in [1.82, 2.24) is 9.97 Å². The van der Waals surface area contributed by atoms with Crippen LogP contribution in [0, 0.1) is 0 Å². The number of fused-ring (bicyclic) bond motifs is 2. The zero-order valence-electron chi connectivity index (χ0n) is 12.8. The first-order valence-electron chi connectivity index (χ1n) is 7.66. The molecule has 0 spiro atoms. The van der Waals surface area contributed by atoms with Crippen LogP contribution >= 0.6 is 0 Å². The highest BCUT2D eigenvalue weighted by Gasteiger charge is 2.10. The zero-order chi connectivity index (χ0) is 16.4. The highest BCUT2D eigenvalue weighted by atomic mass is 16.5. The lowest BCUT2D eigenvalue weighted by Gasteiger charge is -2.08. The average Bonchev–Trinajstić information content (AvgIpc) is 2.65. The van der Waals surface area contributed by atoms with Crippen LogP contribution < -0.4 is 0 Å². The van der Waals surface area contributed by atoms with Gasteiger partial charge in [0.2, 0.25) is 0 Å². The lowest BCUT2D eigenvalue weighted by atomic mass is 10.1. The minimum absolute atomic E-state index is 0.235. The van der Waals surface area contributed by atoms with E-state index in [4.69, 9.17) is 4.74 Å². The van der Waals surface area contributed by atoms with Gasteiger partial charge in [0, 0.05) is 12.4 Å². The van der Waals surface area contributed by atoms with E-state index in [1.165, 1.54) is 0 Å². The molecule has 24 heavy (non-hydrogen) atoms. The molecule has 0 aliphatic rings. The molecule has 0 N–H and O–H groups in total. The van der Waals surface area contributed by atoms with E-state index in [-0.39, 0.29) is 12.6 Å². The summed E-state index contributed by atoms with van der Waals surface area (Å²) in [6.45, 7) is 0.235. The third-order valence-corrected chi connectivity index (χ3v) is 3.94. The third kappa shape index (κ3) is 2.70. The van der Waals surface area contributed by atoms with Gasteiger partial charge in [-0.2, -0.15) is 0 Å². The fourth-order valence-corrected chi connectivity index (χ4v) is 2.74. The Morgan fingerprint density at radius 1 is 0.875 bits per heavy atom. The van der Waals surface area contributed by atoms with Crippen molar-refractivity contribution >= 4 is 27.8 Å². The summed E-state index contributed by atoms with van der Waals surface area (Å²) >= 11 is 0. The summed E-state index contributed by atoms with van der Waals surface area (Å²) in [5.74, 6) is -0.365. The monoisotopic (exact) mass is 314 g/mol. The Bertz CT molecular complexity index is 1040. The standard InChI is InChI=1S/C20H14N2O2/c23-20(15-8-9-18-19(12-15)22-11-10-21-18)24-13-16-6-3-5-14-4-1-2-7-17(14)16/h1-12H,13H2. The Balaban J connectivity index is 1.57. The summed E-state index contributed by atoms with van der Waals surface area (Å²) < 4.78 is 5.48. The second kappa shape index (κ2) is 6.08. The minimum Gasteiger partial charge on any atom is -0.457 e. The number of aromatic nitrogens is 2. The smallest absolute Gasteiger partial charge is 0.338 e. The normalized spacial score (nSPS) is 10.8. The lowest BCUT2D eigenvalue weighted by Crippen LogP contribution is -2.05. The number of hydrogen-bond acceptors (Lipinski definition) is 4. The maximum atomic E-state index is 12.3. The molecule has 0 saturated heterocycles. The Labute approximate surface area is 138 Å². The fourth-order valence-electron chi connectivity index (χ4n) is 2.74. The van der Waals surface area contributed by atoms with Crippen LogP contribution in [0.4, 0.5) is 0 Å². The van der Waals surface area contributed by atoms with Gasteiger partial charge in [-0.25, -0.2) is 4.79 Å². The second-order valence-corrected chi connectivity index (χ2v) is 5.47. The number of ether oxygens (including phenoxy) is 1. The molecule has 0 amide bonds. The van der Waals surface area contributed by atoms with E-state index in [1.807, 2.05) is 42.5 Å². The van der Waals surface area contributed by atoms with Crippen LogP contribution in [0.2, 0.25) is 0 Å². The molecular formula is C20H14N2O2. The first-order valence-corrected chi connectivity index (χ1v) is 7.66. The van der Waals surface area contributed by atoms with Crippen LogP contribution in [0.3, 0.4) is 0 Å². The Morgan fingerprint density at radius 3 is 2.58 bits per heavy atom. The number of carbonyl (C=O) groups is 1. The highest BCUT2D eigenvalue weighted by molar-refractivity contribution is 5.93. The van der Waals surface area contributed by atoms with Crippen molar-refractivity contribution in [3.05, 3.63) is 84.2 Å². The maximum Gasteiger partial charge on any atom is 0.338 e. The molecule has 0 atom stereocenters. The maximum absolute atomic E-state index is 12.3. The molecule has 0 saturated carbocycles. The van der Waals surface area contributed by atoms with Gasteiger partial charge in [0.15, 0.2) is 0 Å². The van der Waals surface area contributed by atoms with Crippen molar-refractivity contribution in [2.75, 3.05) is 0 Å². The number of benzene rings is 3. The van der Waals surface area contributed by atoms with E-state index in [2.05, 4.69) is 9.97 Å². The van der Waals surface area contributed by atoms with E-state index >= 15 is 0 Å². The summed E-state index contributed by atoms with van der Waals surface area (Å²) in [6.07, 6.45) is 3.23. The molecule has 116 valence electrons. The average molecular weight is 314 g/mol. The number of rotatable bonds is 3. The molecule has 0 aliphatic heterocycles. The van der Waals surface area contributed by atoms with Gasteiger partial charge in [-0.05, 0) is 34.5 Å². The first-order chi connectivity index (χ1) is 11.8. The predicted octanol–water partition coefficient (Wildman–Crippen LogP) is 4.14. The minimum atomic E-state index is -0.365. The van der Waals surface area contributed by atoms with Crippen molar-refractivity contribution in [1.29, 1.82) is 0 Å². The Hall–Kier alpha value is -3.27. The predicted molar refractivity (Wildman–Crippen MR) is 92.6 cm³/mol. The van der Waals surface area contributed by atoms with Crippen molar-refractivity contribution < 1.29 is 9.53 Å². The van der Waals surface area contributed by atoms with Gasteiger partial charge in [0.25, 0.3) is 0 Å². The van der Waals surface area contributed by atoms with E-state index in [1.54, 1.807) is 30.6 Å². The molecule has 3 aromatic carbocycles. The number of esters is 1. The van der Waals surface area contributed by atoms with Crippen molar-refractivity contribution in [2.45, 2.75) is 6.61 Å². The van der Waals surface area contributed by atoms with Crippen molar-refractivity contribution in [3.63, 3.8) is 0 Å². The molecule has 4 nitrogen and oxygen atoms in total. The zero-order valence-corrected chi connectivity index (χ0v) is 12.8. The topological polar surface area (TPSA) is 52.1 Å². The SMILES string of the molecule is O=C(OCc1cccc2ccccc12)c1ccc2nccnc2c1. The number of hydrogen-bond donors (Lipinski definition) is 0. The Morgan fingerprint density at radius 2 is 1.67 bits per heavy atom. The summed E-state index contributed by atoms with van der Waals surface area (Å²) in [5.41, 5.74) is 2.89. The van der Waals surface area contributed by atoms with Crippen LogP contribution in [0.25, 0.3) is 21.8 Å². The fraction of sp³-hybridized carbons (Fsp3) is 0.0500. The molecule has 0 radical (unpaired) electrons. The molecule has 1 aromatic heterocycles. The first kappa shape index (κ1) is 14.3. The molecule has 1 heterocycles. The van der Waals surface area contributed by atoms with Crippen LogP contribution in [0.15, 0.2) is 73.1 Å². The molecular weight excluding hydrogens is 300 g/mol. The Kier molecular flexibility index (Phi) is 3.63. The number of carbonyl (C=O) groups excluding carboxylic acids is 1. The molecule has 4 heteroatoms. The van der Waals surface area contributed by atoms with Crippen LogP contribution in [0.5, 0.6) is 0 Å². The summed E-state index contributed by atoms with van der Waals surface area (Å²) in [5, 5.41) is 2.23. The molecule has 4 rings (SSSR count). The second-order valence-electron chi connectivity index (χ2n) is 5.47. The molecule has 0 aliphatic carbocycles. The van der Waals surface area contributed by atoms with Crippen LogP contribution in [0.1, 0.15) is 15.9 Å². The summed E-state index contributed by atoms with van der Waals surface area (Å²) in [7, 11) is 0. The van der Waals surface area contributed by atoms with Gasteiger partial charge in [-0.3, -0.25) is 9.97 Å². The van der Waals surface area contributed by atoms with Crippen LogP contribution in [-0.2, 0) is 11.3 Å². The van der Waals surface area contributed by atoms with Crippen molar-refractivity contribution in [3.8, 4) is 0 Å². The summed E-state index contributed by atoms with van der Waals surface area (Å²) in [6, 6.07) is 19.2. The van der Waals surface area contributed by atoms with Crippen molar-refractivity contribution in [2.24, 2.45) is 0 Å². The van der Waals surface area contributed by atoms with Gasteiger partial charge < -0.3 is 4.74 Å². The molecule has 0 bridgehead atoms.